The van der Waals surface area contributed by atoms with E-state index >= 15 is 0 Å². The van der Waals surface area contributed by atoms with E-state index in [1.807, 2.05) is 6.07 Å². The van der Waals surface area contributed by atoms with Crippen molar-refractivity contribution >= 4 is 16.9 Å². The molecule has 0 aliphatic heterocycles. The summed E-state index contributed by atoms with van der Waals surface area (Å²) in [6, 6.07) is 6.58. The molecule has 1 heterocycles. The van der Waals surface area contributed by atoms with Crippen LogP contribution in [0.1, 0.15) is 11.4 Å². The van der Waals surface area contributed by atoms with Gasteiger partial charge in [0.25, 0.3) is 5.69 Å². The first-order chi connectivity index (χ1) is 9.63. The maximum atomic E-state index is 11.0. The van der Waals surface area contributed by atoms with Crippen LogP contribution in [0.25, 0.3) is 5.57 Å². The highest BCUT2D eigenvalue weighted by molar-refractivity contribution is 5.76. The smallest absolute Gasteiger partial charge is 0.292 e. The van der Waals surface area contributed by atoms with E-state index in [-0.39, 0.29) is 17.1 Å². The van der Waals surface area contributed by atoms with Crippen molar-refractivity contribution in [2.24, 2.45) is 0 Å². The zero-order valence-electron chi connectivity index (χ0n) is 10.4. The number of para-hydroxylation sites is 1. The zero-order chi connectivity index (χ0) is 14.5. The third-order valence-electron chi connectivity index (χ3n) is 2.52. The molecule has 0 aliphatic rings. The van der Waals surface area contributed by atoms with Crippen molar-refractivity contribution in [3.63, 3.8) is 0 Å². The molecule has 0 saturated heterocycles. The summed E-state index contributed by atoms with van der Waals surface area (Å²) in [6.07, 6.45) is 1.31. The maximum absolute atomic E-state index is 11.0. The number of hydrogen-bond donors (Lipinski definition) is 2. The highest BCUT2D eigenvalue weighted by atomic mass is 16.6. The van der Waals surface area contributed by atoms with Crippen LogP contribution in [0.3, 0.4) is 0 Å². The van der Waals surface area contributed by atoms with E-state index < -0.39 is 4.92 Å². The highest BCUT2D eigenvalue weighted by Crippen LogP contribution is 2.28. The molecule has 20 heavy (non-hydrogen) atoms. The number of aromatic amines is 1. The molecular weight excluding hydrogens is 262 g/mol. The van der Waals surface area contributed by atoms with Crippen LogP contribution in [0.2, 0.25) is 0 Å². The predicted octanol–water partition coefficient (Wildman–Crippen LogP) is 1.39. The van der Waals surface area contributed by atoms with E-state index in [0.717, 1.165) is 0 Å². The summed E-state index contributed by atoms with van der Waals surface area (Å²) in [7, 11) is 0. The summed E-state index contributed by atoms with van der Waals surface area (Å²) >= 11 is 0. The molecule has 0 amide bonds. The van der Waals surface area contributed by atoms with Crippen LogP contribution in [0.15, 0.2) is 24.4 Å². The van der Waals surface area contributed by atoms with Crippen molar-refractivity contribution < 1.29 is 4.92 Å². The topological polar surface area (TPSA) is 133 Å². The van der Waals surface area contributed by atoms with Crippen LogP contribution in [0.4, 0.5) is 11.4 Å². The fourth-order valence-electron chi connectivity index (χ4n) is 1.56. The van der Waals surface area contributed by atoms with Crippen molar-refractivity contribution in [3.05, 3.63) is 45.9 Å². The van der Waals surface area contributed by atoms with E-state index in [2.05, 4.69) is 25.9 Å². The minimum Gasteiger partial charge on any atom is -0.354 e. The van der Waals surface area contributed by atoms with Gasteiger partial charge in [-0.2, -0.15) is 10.5 Å². The normalized spacial score (nSPS) is 10.9. The van der Waals surface area contributed by atoms with Gasteiger partial charge in [-0.3, -0.25) is 10.1 Å². The fourth-order valence-corrected chi connectivity index (χ4v) is 1.56. The fraction of sp³-hybridized carbons (Fsp3) is 0.0909. The Morgan fingerprint density at radius 2 is 2.40 bits per heavy atom. The van der Waals surface area contributed by atoms with Gasteiger partial charge in [-0.05, 0) is 17.7 Å². The van der Waals surface area contributed by atoms with Gasteiger partial charge in [0, 0.05) is 12.3 Å². The SMILES string of the molecule is Cc1cccc([N+](=O)[O-])c1NC=C(C#N)c1nn[nH]n1. The number of nitrogens with one attached hydrogen (secondary N) is 2. The number of hydrogen-bond acceptors (Lipinski definition) is 7. The number of aromatic nitrogens is 4. The number of allylic oxidation sites excluding steroid dienone is 1. The number of nitro benzene ring substituents is 1. The van der Waals surface area contributed by atoms with E-state index in [1.54, 1.807) is 19.1 Å². The van der Waals surface area contributed by atoms with Crippen molar-refractivity contribution in [2.45, 2.75) is 6.92 Å². The second kappa shape index (κ2) is 5.57. The summed E-state index contributed by atoms with van der Waals surface area (Å²) in [5, 5.41) is 35.6. The first-order valence-electron chi connectivity index (χ1n) is 5.48. The Labute approximate surface area is 113 Å². The molecule has 0 radical (unpaired) electrons. The van der Waals surface area contributed by atoms with Crippen LogP contribution in [-0.4, -0.2) is 25.5 Å². The molecule has 100 valence electrons. The van der Waals surface area contributed by atoms with Gasteiger partial charge < -0.3 is 5.32 Å². The van der Waals surface area contributed by atoms with Crippen LogP contribution in [-0.2, 0) is 0 Å². The lowest BCUT2D eigenvalue weighted by atomic mass is 10.1. The van der Waals surface area contributed by atoms with Gasteiger partial charge in [-0.15, -0.1) is 10.2 Å². The number of benzene rings is 1. The van der Waals surface area contributed by atoms with Gasteiger partial charge in [-0.25, -0.2) is 0 Å². The number of tetrazole rings is 1. The average molecular weight is 271 g/mol. The quantitative estimate of drug-likeness (QED) is 0.487. The van der Waals surface area contributed by atoms with Crippen LogP contribution in [0, 0.1) is 28.4 Å². The van der Waals surface area contributed by atoms with E-state index in [9.17, 15) is 10.1 Å². The number of H-pyrrole nitrogens is 1. The summed E-state index contributed by atoms with van der Waals surface area (Å²) in [5.41, 5.74) is 1.03. The third-order valence-corrected chi connectivity index (χ3v) is 2.52. The molecule has 0 spiro atoms. The Morgan fingerprint density at radius 1 is 1.60 bits per heavy atom. The van der Waals surface area contributed by atoms with Crippen molar-refractivity contribution in [1.82, 2.24) is 20.6 Å². The second-order valence-electron chi connectivity index (χ2n) is 3.78. The molecule has 0 fully saturated rings. The molecule has 2 rings (SSSR count). The Hall–Kier alpha value is -3.28. The molecule has 0 unspecified atom stereocenters. The molecule has 0 aliphatic carbocycles. The van der Waals surface area contributed by atoms with E-state index in [4.69, 9.17) is 5.26 Å². The minimum atomic E-state index is -0.496. The second-order valence-corrected chi connectivity index (χ2v) is 3.78. The monoisotopic (exact) mass is 271 g/mol. The molecule has 1 aromatic heterocycles. The highest BCUT2D eigenvalue weighted by Gasteiger charge is 2.15. The molecule has 1 aromatic carbocycles. The largest absolute Gasteiger partial charge is 0.354 e. The van der Waals surface area contributed by atoms with Crippen LogP contribution >= 0.6 is 0 Å². The average Bonchev–Trinajstić information content (AvgIpc) is 2.94. The number of aryl methyl sites for hydroxylation is 1. The molecule has 2 aromatic rings. The number of nitro groups is 1. The summed E-state index contributed by atoms with van der Waals surface area (Å²) in [4.78, 5) is 10.5. The van der Waals surface area contributed by atoms with Gasteiger partial charge in [0.2, 0.25) is 5.82 Å². The molecule has 0 bridgehead atoms. The first-order valence-corrected chi connectivity index (χ1v) is 5.48. The molecule has 2 N–H and O–H groups in total. The summed E-state index contributed by atoms with van der Waals surface area (Å²) < 4.78 is 0. The maximum Gasteiger partial charge on any atom is 0.292 e. The van der Waals surface area contributed by atoms with E-state index in [1.165, 1.54) is 12.3 Å². The van der Waals surface area contributed by atoms with Gasteiger partial charge in [0.1, 0.15) is 17.3 Å². The first kappa shape index (κ1) is 13.2. The number of nitrogens with zero attached hydrogens (tertiary/aromatic N) is 5. The molecular formula is C11H9N7O2. The molecule has 9 nitrogen and oxygen atoms in total. The molecule has 0 atom stereocenters. The van der Waals surface area contributed by atoms with Gasteiger partial charge >= 0.3 is 0 Å². The van der Waals surface area contributed by atoms with Crippen molar-refractivity contribution in [1.29, 1.82) is 5.26 Å². The van der Waals surface area contributed by atoms with Crippen LogP contribution < -0.4 is 5.32 Å². The lowest BCUT2D eigenvalue weighted by Gasteiger charge is -2.06. The predicted molar refractivity (Wildman–Crippen MR) is 69.2 cm³/mol. The Balaban J connectivity index is 2.36. The van der Waals surface area contributed by atoms with Crippen molar-refractivity contribution in [2.75, 3.05) is 5.32 Å². The Kier molecular flexibility index (Phi) is 3.67. The van der Waals surface area contributed by atoms with Crippen molar-refractivity contribution in [3.8, 4) is 6.07 Å². The molecule has 9 heteroatoms. The minimum absolute atomic E-state index is 0.0772. The standard InChI is InChI=1S/C11H9N7O2/c1-7-3-2-4-9(18(19)20)10(7)13-6-8(5-12)11-14-16-17-15-11/h2-4,6,13H,1H3,(H,14,15,16,17). The number of rotatable bonds is 4. The Bertz CT molecular complexity index is 700. The molecule has 0 saturated carbocycles. The van der Waals surface area contributed by atoms with Gasteiger partial charge in [-0.1, -0.05) is 12.1 Å². The number of anilines is 1. The van der Waals surface area contributed by atoms with Gasteiger partial charge in [0.15, 0.2) is 0 Å². The zero-order valence-corrected chi connectivity index (χ0v) is 10.4. The van der Waals surface area contributed by atoms with Gasteiger partial charge in [0.05, 0.1) is 4.92 Å². The summed E-state index contributed by atoms with van der Waals surface area (Å²) in [5.74, 6) is 0.108. The van der Waals surface area contributed by atoms with E-state index in [0.29, 0.717) is 11.3 Å². The lowest BCUT2D eigenvalue weighted by Crippen LogP contribution is -1.99. The third kappa shape index (κ3) is 2.59. The van der Waals surface area contributed by atoms with Crippen LogP contribution in [0.5, 0.6) is 0 Å². The number of nitriles is 1. The lowest BCUT2D eigenvalue weighted by molar-refractivity contribution is -0.384. The Morgan fingerprint density at radius 3 is 3.00 bits per heavy atom. The summed E-state index contributed by atoms with van der Waals surface area (Å²) in [6.45, 7) is 1.73.